The Hall–Kier alpha value is -0.450. The summed E-state index contributed by atoms with van der Waals surface area (Å²) in [6, 6.07) is 5.18. The molecule has 4 heteroatoms. The van der Waals surface area contributed by atoms with Crippen LogP contribution in [0.4, 0.5) is 4.39 Å². The lowest BCUT2D eigenvalue weighted by molar-refractivity contribution is 0.237. The summed E-state index contributed by atoms with van der Waals surface area (Å²) < 4.78 is 14.5. The van der Waals surface area contributed by atoms with Gasteiger partial charge in [0.15, 0.2) is 0 Å². The topological polar surface area (TPSA) is 15.3 Å². The third kappa shape index (κ3) is 4.34. The van der Waals surface area contributed by atoms with E-state index in [-0.39, 0.29) is 5.82 Å². The molecule has 0 radical (unpaired) electrons. The van der Waals surface area contributed by atoms with Crippen molar-refractivity contribution in [3.05, 3.63) is 34.1 Å². The van der Waals surface area contributed by atoms with E-state index in [2.05, 4.69) is 26.1 Å². The highest BCUT2D eigenvalue weighted by Gasteiger charge is 2.09. The van der Waals surface area contributed by atoms with Crippen LogP contribution in [0.3, 0.4) is 0 Å². The van der Waals surface area contributed by atoms with E-state index in [0.29, 0.717) is 0 Å². The fraction of sp³-hybridized carbons (Fsp3) is 0.571. The Balaban J connectivity index is 1.69. The number of aryl methyl sites for hydroxylation is 1. The average molecular weight is 315 g/mol. The van der Waals surface area contributed by atoms with Crippen molar-refractivity contribution in [3.63, 3.8) is 0 Å². The standard InChI is InChI=1S/C14H20BrFN2/c15-13-4-5-14(16)12(11-13)3-1-2-8-18-9-6-17-7-10-18/h4-5,11,17H,1-3,6-10H2. The quantitative estimate of drug-likeness (QED) is 0.841. The molecule has 0 amide bonds. The molecule has 2 nitrogen and oxygen atoms in total. The molecular formula is C14H20BrFN2. The molecule has 1 aromatic rings. The zero-order valence-electron chi connectivity index (χ0n) is 10.6. The molecule has 18 heavy (non-hydrogen) atoms. The Morgan fingerprint density at radius 1 is 1.22 bits per heavy atom. The van der Waals surface area contributed by atoms with Crippen LogP contribution in [0.25, 0.3) is 0 Å². The summed E-state index contributed by atoms with van der Waals surface area (Å²) in [6.45, 7) is 5.62. The van der Waals surface area contributed by atoms with E-state index in [0.717, 1.165) is 62.0 Å². The Labute approximate surface area is 117 Å². The van der Waals surface area contributed by atoms with E-state index in [9.17, 15) is 4.39 Å². The molecule has 1 fully saturated rings. The molecule has 0 atom stereocenters. The molecular weight excluding hydrogens is 295 g/mol. The molecule has 100 valence electrons. The molecule has 1 aromatic carbocycles. The number of halogens is 2. The first-order valence-electron chi connectivity index (χ1n) is 6.63. The van der Waals surface area contributed by atoms with Crippen LogP contribution in [0.5, 0.6) is 0 Å². The van der Waals surface area contributed by atoms with Crippen LogP contribution < -0.4 is 5.32 Å². The Morgan fingerprint density at radius 3 is 2.78 bits per heavy atom. The summed E-state index contributed by atoms with van der Waals surface area (Å²) in [5.41, 5.74) is 0.824. The predicted octanol–water partition coefficient (Wildman–Crippen LogP) is 2.82. The summed E-state index contributed by atoms with van der Waals surface area (Å²) in [5.74, 6) is -0.0830. The summed E-state index contributed by atoms with van der Waals surface area (Å²) in [4.78, 5) is 2.48. The summed E-state index contributed by atoms with van der Waals surface area (Å²) in [7, 11) is 0. The Morgan fingerprint density at radius 2 is 2.00 bits per heavy atom. The SMILES string of the molecule is Fc1ccc(Br)cc1CCCCN1CCNCC1. The Bertz CT molecular complexity index is 378. The highest BCUT2D eigenvalue weighted by molar-refractivity contribution is 9.10. The minimum absolute atomic E-state index is 0.0830. The van der Waals surface area contributed by atoms with Crippen LogP contribution in [0.2, 0.25) is 0 Å². The molecule has 1 aliphatic heterocycles. The smallest absolute Gasteiger partial charge is 0.126 e. The molecule has 0 aliphatic carbocycles. The minimum atomic E-state index is -0.0830. The average Bonchev–Trinajstić information content (AvgIpc) is 2.40. The van der Waals surface area contributed by atoms with E-state index in [4.69, 9.17) is 0 Å². The van der Waals surface area contributed by atoms with Crippen molar-refractivity contribution in [2.75, 3.05) is 32.7 Å². The second kappa shape index (κ2) is 7.22. The monoisotopic (exact) mass is 314 g/mol. The normalized spacial score (nSPS) is 17.0. The van der Waals surface area contributed by atoms with Crippen molar-refractivity contribution < 1.29 is 4.39 Å². The van der Waals surface area contributed by atoms with Gasteiger partial charge in [0.1, 0.15) is 5.82 Å². The molecule has 1 aliphatic rings. The summed E-state index contributed by atoms with van der Waals surface area (Å²) in [6.07, 6.45) is 3.03. The number of rotatable bonds is 5. The van der Waals surface area contributed by atoms with Crippen LogP contribution in [-0.4, -0.2) is 37.6 Å². The van der Waals surface area contributed by atoms with Crippen molar-refractivity contribution in [3.8, 4) is 0 Å². The number of benzene rings is 1. The van der Waals surface area contributed by atoms with E-state index < -0.39 is 0 Å². The number of hydrogen-bond donors (Lipinski definition) is 1. The molecule has 2 rings (SSSR count). The highest BCUT2D eigenvalue weighted by atomic mass is 79.9. The molecule has 0 saturated carbocycles. The van der Waals surface area contributed by atoms with Gasteiger partial charge in [-0.25, -0.2) is 4.39 Å². The molecule has 1 heterocycles. The van der Waals surface area contributed by atoms with Gasteiger partial charge in [-0.15, -0.1) is 0 Å². The zero-order valence-corrected chi connectivity index (χ0v) is 12.2. The maximum atomic E-state index is 13.5. The largest absolute Gasteiger partial charge is 0.314 e. The van der Waals surface area contributed by atoms with Gasteiger partial charge in [0, 0.05) is 30.7 Å². The molecule has 0 unspecified atom stereocenters. The van der Waals surface area contributed by atoms with Gasteiger partial charge < -0.3 is 10.2 Å². The molecule has 0 spiro atoms. The number of nitrogens with one attached hydrogen (secondary N) is 1. The molecule has 1 N–H and O–H groups in total. The van der Waals surface area contributed by atoms with Crippen LogP contribution >= 0.6 is 15.9 Å². The molecule has 0 bridgehead atoms. The van der Waals surface area contributed by atoms with Crippen molar-refractivity contribution in [2.45, 2.75) is 19.3 Å². The van der Waals surface area contributed by atoms with Crippen molar-refractivity contribution in [1.82, 2.24) is 10.2 Å². The van der Waals surface area contributed by atoms with Gasteiger partial charge in [0.2, 0.25) is 0 Å². The summed E-state index contributed by atoms with van der Waals surface area (Å²) >= 11 is 3.39. The van der Waals surface area contributed by atoms with E-state index >= 15 is 0 Å². The molecule has 1 saturated heterocycles. The third-order valence-corrected chi connectivity index (χ3v) is 3.88. The Kier molecular flexibility index (Phi) is 5.60. The number of hydrogen-bond acceptors (Lipinski definition) is 2. The molecule has 0 aromatic heterocycles. The number of unbranched alkanes of at least 4 members (excludes halogenated alkanes) is 1. The van der Waals surface area contributed by atoms with Crippen LogP contribution in [0.15, 0.2) is 22.7 Å². The summed E-state index contributed by atoms with van der Waals surface area (Å²) in [5, 5.41) is 3.35. The van der Waals surface area contributed by atoms with Gasteiger partial charge in [-0.2, -0.15) is 0 Å². The van der Waals surface area contributed by atoms with Crippen molar-refractivity contribution >= 4 is 15.9 Å². The van der Waals surface area contributed by atoms with Gasteiger partial charge >= 0.3 is 0 Å². The third-order valence-electron chi connectivity index (χ3n) is 3.39. The van der Waals surface area contributed by atoms with Crippen molar-refractivity contribution in [1.29, 1.82) is 0 Å². The van der Waals surface area contributed by atoms with E-state index in [1.165, 1.54) is 6.07 Å². The maximum absolute atomic E-state index is 13.5. The van der Waals surface area contributed by atoms with Crippen LogP contribution in [0.1, 0.15) is 18.4 Å². The number of nitrogens with zero attached hydrogens (tertiary/aromatic N) is 1. The van der Waals surface area contributed by atoms with Gasteiger partial charge in [-0.05, 0) is 49.6 Å². The van der Waals surface area contributed by atoms with Gasteiger partial charge in [0.25, 0.3) is 0 Å². The van der Waals surface area contributed by atoms with E-state index in [1.807, 2.05) is 6.07 Å². The second-order valence-electron chi connectivity index (χ2n) is 4.78. The first-order chi connectivity index (χ1) is 8.75. The fourth-order valence-electron chi connectivity index (χ4n) is 2.32. The first kappa shape index (κ1) is 14.0. The fourth-order valence-corrected chi connectivity index (χ4v) is 2.73. The van der Waals surface area contributed by atoms with Gasteiger partial charge in [-0.1, -0.05) is 15.9 Å². The second-order valence-corrected chi connectivity index (χ2v) is 5.70. The van der Waals surface area contributed by atoms with Gasteiger partial charge in [-0.3, -0.25) is 0 Å². The zero-order chi connectivity index (χ0) is 12.8. The predicted molar refractivity (Wildman–Crippen MR) is 76.3 cm³/mol. The number of piperazine rings is 1. The van der Waals surface area contributed by atoms with Crippen molar-refractivity contribution in [2.24, 2.45) is 0 Å². The van der Waals surface area contributed by atoms with Crippen LogP contribution in [-0.2, 0) is 6.42 Å². The lowest BCUT2D eigenvalue weighted by Gasteiger charge is -2.27. The highest BCUT2D eigenvalue weighted by Crippen LogP contribution is 2.17. The van der Waals surface area contributed by atoms with Gasteiger partial charge in [0.05, 0.1) is 0 Å². The minimum Gasteiger partial charge on any atom is -0.314 e. The van der Waals surface area contributed by atoms with Crippen LogP contribution in [0, 0.1) is 5.82 Å². The first-order valence-corrected chi connectivity index (χ1v) is 7.42. The lowest BCUT2D eigenvalue weighted by atomic mass is 10.1. The maximum Gasteiger partial charge on any atom is 0.126 e. The van der Waals surface area contributed by atoms with E-state index in [1.54, 1.807) is 6.07 Å². The lowest BCUT2D eigenvalue weighted by Crippen LogP contribution is -2.43.